The number of aryl methyl sites for hydroxylation is 1. The van der Waals surface area contributed by atoms with E-state index < -0.39 is 48.2 Å². The van der Waals surface area contributed by atoms with Crippen molar-refractivity contribution < 1.29 is 35.8 Å². The van der Waals surface area contributed by atoms with Gasteiger partial charge in [-0.2, -0.15) is 8.78 Å². The van der Waals surface area contributed by atoms with Crippen LogP contribution in [-0.2, 0) is 17.1 Å². The van der Waals surface area contributed by atoms with Gasteiger partial charge in [0.15, 0.2) is 11.6 Å². The first-order valence-corrected chi connectivity index (χ1v) is 15.6. The minimum atomic E-state index is -3.82. The zero-order chi connectivity index (χ0) is 30.5. The molecule has 1 aromatic heterocycles. The van der Waals surface area contributed by atoms with Gasteiger partial charge in [-0.1, -0.05) is 78.1 Å². The van der Waals surface area contributed by atoms with Crippen LogP contribution in [0.4, 0.5) is 26.3 Å². The number of aromatic nitrogens is 1. The Morgan fingerprint density at radius 3 is 2.12 bits per heavy atom. The Labute approximate surface area is 246 Å². The molecule has 0 aliphatic heterocycles. The van der Waals surface area contributed by atoms with Crippen molar-refractivity contribution in [1.29, 1.82) is 0 Å². The van der Waals surface area contributed by atoms with Gasteiger partial charge in [0.2, 0.25) is 0 Å². The third kappa shape index (κ3) is 9.61. The Morgan fingerprint density at radius 1 is 0.857 bits per heavy atom. The zero-order valence-corrected chi connectivity index (χ0v) is 24.9. The average molecular weight is 602 g/mol. The highest BCUT2D eigenvalue weighted by Gasteiger charge is 2.50. The summed E-state index contributed by atoms with van der Waals surface area (Å²) in [6.45, 7) is 3.53. The average Bonchev–Trinajstić information content (AvgIpc) is 2.97. The van der Waals surface area contributed by atoms with Gasteiger partial charge < -0.3 is 9.47 Å². The summed E-state index contributed by atoms with van der Waals surface area (Å²) in [4.78, 5) is 4.11. The third-order valence-corrected chi connectivity index (χ3v) is 7.87. The van der Waals surface area contributed by atoms with Crippen LogP contribution < -0.4 is 4.74 Å². The van der Waals surface area contributed by atoms with Crippen LogP contribution in [0.2, 0.25) is 0 Å². The molecule has 3 nitrogen and oxygen atoms in total. The molecule has 0 spiro atoms. The Bertz CT molecular complexity index is 1080. The largest absolute Gasteiger partial charge is 0.489 e. The molecule has 42 heavy (non-hydrogen) atoms. The second kappa shape index (κ2) is 17.1. The summed E-state index contributed by atoms with van der Waals surface area (Å²) in [6, 6.07) is 4.03. The van der Waals surface area contributed by atoms with Crippen molar-refractivity contribution in [2.45, 2.75) is 128 Å². The zero-order valence-electron chi connectivity index (χ0n) is 24.9. The standard InChI is InChI=1S/C33H45F6NO2/c1-3-5-7-9-10-12-14-24(34)21-41-26-16-17-28(40-20-26)27-19-23-15-18-29(33(38,39)30(23)32(37)31(27)36)42-22-25(35)13-11-8-6-4-2/h16-17,19-20,24-25,29H,3-15,18,21-22H2,1-2H3. The van der Waals surface area contributed by atoms with Gasteiger partial charge in [0, 0.05) is 5.56 Å². The van der Waals surface area contributed by atoms with Crippen LogP contribution in [0.5, 0.6) is 5.75 Å². The fourth-order valence-corrected chi connectivity index (χ4v) is 5.38. The molecule has 0 N–H and O–H groups in total. The first-order chi connectivity index (χ1) is 20.2. The molecule has 1 aromatic carbocycles. The van der Waals surface area contributed by atoms with Gasteiger partial charge >= 0.3 is 5.92 Å². The Hall–Kier alpha value is -2.29. The monoisotopic (exact) mass is 601 g/mol. The molecule has 3 rings (SSSR count). The summed E-state index contributed by atoms with van der Waals surface area (Å²) >= 11 is 0. The van der Waals surface area contributed by atoms with E-state index in [1.54, 1.807) is 0 Å². The van der Waals surface area contributed by atoms with Crippen LogP contribution in [0, 0.1) is 11.6 Å². The second-order valence-corrected chi connectivity index (χ2v) is 11.4. The molecule has 0 radical (unpaired) electrons. The number of hydrogen-bond donors (Lipinski definition) is 0. The van der Waals surface area contributed by atoms with E-state index in [9.17, 15) is 8.78 Å². The minimum absolute atomic E-state index is 0.0188. The van der Waals surface area contributed by atoms with E-state index >= 15 is 17.6 Å². The number of benzene rings is 1. The number of ether oxygens (including phenoxy) is 2. The lowest BCUT2D eigenvalue weighted by Crippen LogP contribution is -2.40. The summed E-state index contributed by atoms with van der Waals surface area (Å²) in [7, 11) is 0. The highest BCUT2D eigenvalue weighted by atomic mass is 19.3. The Kier molecular flexibility index (Phi) is 13.9. The van der Waals surface area contributed by atoms with E-state index in [0.717, 1.165) is 51.4 Å². The van der Waals surface area contributed by atoms with Crippen molar-refractivity contribution in [3.05, 3.63) is 47.2 Å². The summed E-state index contributed by atoms with van der Waals surface area (Å²) in [5.74, 6) is -6.65. The summed E-state index contributed by atoms with van der Waals surface area (Å²) in [5, 5.41) is 0. The van der Waals surface area contributed by atoms with Crippen molar-refractivity contribution in [3.63, 3.8) is 0 Å². The maximum Gasteiger partial charge on any atom is 0.302 e. The number of pyridine rings is 1. The smallest absolute Gasteiger partial charge is 0.302 e. The SMILES string of the molecule is CCCCCCCCC(F)COc1ccc(-c2cc3c(c(F)c2F)C(F)(F)C(OCC(F)CCCCCC)CC3)nc1. The number of unbranched alkanes of at least 4 members (excludes halogenated alkanes) is 8. The molecule has 1 aliphatic rings. The first-order valence-electron chi connectivity index (χ1n) is 15.6. The molecule has 1 heterocycles. The molecule has 0 saturated heterocycles. The number of rotatable bonds is 19. The highest BCUT2D eigenvalue weighted by molar-refractivity contribution is 5.63. The fraction of sp³-hybridized carbons (Fsp3) is 0.667. The van der Waals surface area contributed by atoms with E-state index in [0.29, 0.717) is 12.8 Å². The maximum atomic E-state index is 15.3. The van der Waals surface area contributed by atoms with Crippen molar-refractivity contribution in [2.24, 2.45) is 0 Å². The number of hydrogen-bond acceptors (Lipinski definition) is 3. The molecule has 0 bridgehead atoms. The van der Waals surface area contributed by atoms with E-state index in [4.69, 9.17) is 9.47 Å². The number of nitrogens with zero attached hydrogens (tertiary/aromatic N) is 1. The summed E-state index contributed by atoms with van der Waals surface area (Å²) in [5.41, 5.74) is -1.30. The van der Waals surface area contributed by atoms with Crippen LogP contribution in [0.15, 0.2) is 24.4 Å². The van der Waals surface area contributed by atoms with Crippen LogP contribution in [0.25, 0.3) is 11.3 Å². The topological polar surface area (TPSA) is 31.4 Å². The number of halogens is 6. The van der Waals surface area contributed by atoms with Crippen LogP contribution >= 0.6 is 0 Å². The van der Waals surface area contributed by atoms with Crippen molar-refractivity contribution >= 4 is 0 Å². The van der Waals surface area contributed by atoms with Crippen LogP contribution in [0.3, 0.4) is 0 Å². The molecule has 0 amide bonds. The van der Waals surface area contributed by atoms with E-state index in [2.05, 4.69) is 11.9 Å². The van der Waals surface area contributed by atoms with Crippen molar-refractivity contribution in [1.82, 2.24) is 4.98 Å². The van der Waals surface area contributed by atoms with Gasteiger partial charge in [-0.3, -0.25) is 4.98 Å². The molecule has 3 atom stereocenters. The van der Waals surface area contributed by atoms with Crippen molar-refractivity contribution in [3.8, 4) is 17.0 Å². The molecule has 3 unspecified atom stereocenters. The lowest BCUT2D eigenvalue weighted by atomic mass is 9.84. The van der Waals surface area contributed by atoms with E-state index in [1.807, 2.05) is 6.92 Å². The molecule has 0 saturated carbocycles. The maximum absolute atomic E-state index is 15.3. The normalized spacial score (nSPS) is 17.6. The summed E-state index contributed by atoms with van der Waals surface area (Å²) in [6.07, 6.45) is 7.35. The molecule has 1 aliphatic carbocycles. The molecular formula is C33H45F6NO2. The number of alkyl halides is 4. The lowest BCUT2D eigenvalue weighted by Gasteiger charge is -2.34. The number of fused-ring (bicyclic) bond motifs is 1. The quantitative estimate of drug-likeness (QED) is 0.119. The molecule has 0 fully saturated rings. The lowest BCUT2D eigenvalue weighted by molar-refractivity contribution is -0.160. The van der Waals surface area contributed by atoms with Gasteiger partial charge in [0.05, 0.1) is 24.1 Å². The van der Waals surface area contributed by atoms with E-state index in [1.165, 1.54) is 30.8 Å². The van der Waals surface area contributed by atoms with Crippen LogP contribution in [-0.4, -0.2) is 36.6 Å². The van der Waals surface area contributed by atoms with Gasteiger partial charge in [0.25, 0.3) is 0 Å². The molecule has 236 valence electrons. The third-order valence-electron chi connectivity index (χ3n) is 7.87. The molecule has 2 aromatic rings. The Balaban J connectivity index is 1.59. The minimum Gasteiger partial charge on any atom is -0.489 e. The second-order valence-electron chi connectivity index (χ2n) is 11.4. The van der Waals surface area contributed by atoms with Crippen LogP contribution in [0.1, 0.15) is 108 Å². The van der Waals surface area contributed by atoms with Gasteiger partial charge in [-0.15, -0.1) is 0 Å². The Morgan fingerprint density at radius 2 is 1.48 bits per heavy atom. The fourth-order valence-electron chi connectivity index (χ4n) is 5.38. The first kappa shape index (κ1) is 34.2. The van der Waals surface area contributed by atoms with Gasteiger partial charge in [-0.05, 0) is 49.4 Å². The van der Waals surface area contributed by atoms with Crippen molar-refractivity contribution in [2.75, 3.05) is 13.2 Å². The highest BCUT2D eigenvalue weighted by Crippen LogP contribution is 2.45. The molecule has 9 heteroatoms. The van der Waals surface area contributed by atoms with E-state index in [-0.39, 0.29) is 48.4 Å². The predicted molar refractivity (Wildman–Crippen MR) is 154 cm³/mol. The van der Waals surface area contributed by atoms with Gasteiger partial charge in [-0.25, -0.2) is 17.6 Å². The molecular weight excluding hydrogens is 556 g/mol. The summed E-state index contributed by atoms with van der Waals surface area (Å²) < 4.78 is 99.8. The predicted octanol–water partition coefficient (Wildman–Crippen LogP) is 10.2. The van der Waals surface area contributed by atoms with Gasteiger partial charge in [0.1, 0.15) is 30.8 Å².